The molecule has 3 N–H and O–H groups in total. The van der Waals surface area contributed by atoms with Gasteiger partial charge in [-0.25, -0.2) is 0 Å². The second-order valence-electron chi connectivity index (χ2n) is 0.385. The molecule has 4 heavy (non-hydrogen) atoms. The molecule has 0 atom stereocenters. The molecule has 3 heteroatoms. The van der Waals surface area contributed by atoms with Gasteiger partial charge >= 0.3 is 37.3 Å². The van der Waals surface area contributed by atoms with Crippen molar-refractivity contribution in [2.45, 2.75) is 0 Å². The summed E-state index contributed by atoms with van der Waals surface area (Å²) in [6, 6.07) is 0. The first-order valence-corrected chi connectivity index (χ1v) is 2.04. The Labute approximate surface area is 37.8 Å². The molecule has 0 spiro atoms. The van der Waals surface area contributed by atoms with Gasteiger partial charge in [-0.1, -0.05) is 0 Å². The van der Waals surface area contributed by atoms with E-state index in [1.165, 1.54) is 22.3 Å². The van der Waals surface area contributed by atoms with Crippen LogP contribution >= 0.6 is 0 Å². The quantitative estimate of drug-likeness (QED) is 0.268. The normalized spacial score (nSPS) is 6.25. The molecule has 24 valence electrons. The van der Waals surface area contributed by atoms with E-state index < -0.39 is 0 Å². The summed E-state index contributed by atoms with van der Waals surface area (Å²) < 4.78 is 0.217. The Kier molecular flexibility index (Phi) is 1.67. The summed E-state index contributed by atoms with van der Waals surface area (Å²) in [6.07, 6.45) is 0. The molecule has 0 heterocycles. The van der Waals surface area contributed by atoms with Gasteiger partial charge in [-0.2, -0.15) is 0 Å². The van der Waals surface area contributed by atoms with Crippen molar-refractivity contribution in [2.75, 3.05) is 0 Å². The predicted octanol–water partition coefficient (Wildman–Crippen LogP) is -1.22. The zero-order valence-corrected chi connectivity index (χ0v) is 4.58. The van der Waals surface area contributed by atoms with Crippen LogP contribution < -0.4 is 5.73 Å². The molecule has 0 aromatic carbocycles. The van der Waals surface area contributed by atoms with Crippen LogP contribution in [0.5, 0.6) is 0 Å². The monoisotopic (exact) mass is 174 g/mol. The molecule has 0 aliphatic rings. The topological polar surface area (TPSA) is 49.9 Å². The molecule has 0 fully saturated rings. The maximum absolute atomic E-state index is 6.30. The summed E-state index contributed by atoms with van der Waals surface area (Å²) in [5, 5.41) is 6.30. The van der Waals surface area contributed by atoms with Crippen molar-refractivity contribution >= 4 is 26.2 Å². The predicted molar refractivity (Wildman–Crippen MR) is 19.1 cm³/mol. The van der Waals surface area contributed by atoms with Gasteiger partial charge in [0.05, 0.1) is 0 Å². The van der Waals surface area contributed by atoms with Crippen molar-refractivity contribution in [1.29, 1.82) is 5.41 Å². The van der Waals surface area contributed by atoms with Crippen LogP contribution in [0.3, 0.4) is 0 Å². The van der Waals surface area contributed by atoms with E-state index in [1.54, 1.807) is 0 Å². The second kappa shape index (κ2) is 1.57. The Hall–Kier alpha value is 0.260. The fourth-order valence-electron chi connectivity index (χ4n) is 0. The van der Waals surface area contributed by atoms with Crippen LogP contribution in [0, 0.1) is 5.41 Å². The average Bonchev–Trinajstić information content (AvgIpc) is 0.811. The second-order valence-corrected chi connectivity index (χ2v) is 1.76. The molecule has 0 unspecified atom stereocenters. The fourth-order valence-corrected chi connectivity index (χ4v) is 0. The number of nitrogens with two attached hydrogens (primary N) is 1. The zero-order valence-electron chi connectivity index (χ0n) is 2.02. The Bertz CT molecular complexity index is 29.0. The maximum atomic E-state index is 6.30. The van der Waals surface area contributed by atoms with Gasteiger partial charge in [0, 0.05) is 0 Å². The summed E-state index contributed by atoms with van der Waals surface area (Å²) in [7, 11) is 0. The van der Waals surface area contributed by atoms with E-state index >= 15 is 0 Å². The third-order valence-corrected chi connectivity index (χ3v) is 0. The van der Waals surface area contributed by atoms with Gasteiger partial charge in [-0.3, -0.25) is 0 Å². The van der Waals surface area contributed by atoms with Crippen LogP contribution in [-0.4, -0.2) is 26.2 Å². The summed E-state index contributed by atoms with van der Waals surface area (Å²) in [6.45, 7) is 0. The minimum atomic E-state index is 0.217. The van der Waals surface area contributed by atoms with Gasteiger partial charge in [0.2, 0.25) is 0 Å². The summed E-state index contributed by atoms with van der Waals surface area (Å²) in [4.78, 5) is 0. The Morgan fingerprint density at radius 1 is 2.00 bits per heavy atom. The van der Waals surface area contributed by atoms with E-state index in [0.29, 0.717) is 0 Å². The molecule has 0 amide bonds. The minimum absolute atomic E-state index is 0.217. The molecular formula is CH4N2Te. The van der Waals surface area contributed by atoms with Crippen molar-refractivity contribution in [2.24, 2.45) is 5.73 Å². The number of hydrogen-bond acceptors (Lipinski definition) is 1. The molecule has 0 bridgehead atoms. The third-order valence-electron chi connectivity index (χ3n) is 0. The van der Waals surface area contributed by atoms with E-state index in [-0.39, 0.29) is 3.88 Å². The number of hydrogen-bond donors (Lipinski definition) is 2. The molecule has 0 saturated carbocycles. The summed E-state index contributed by atoms with van der Waals surface area (Å²) in [5.41, 5.74) is 4.72. The van der Waals surface area contributed by atoms with Gasteiger partial charge in [0.25, 0.3) is 0 Å². The van der Waals surface area contributed by atoms with Crippen molar-refractivity contribution in [3.63, 3.8) is 0 Å². The van der Waals surface area contributed by atoms with Gasteiger partial charge in [-0.15, -0.1) is 0 Å². The number of amidine groups is 1. The molecule has 0 aliphatic carbocycles. The summed E-state index contributed by atoms with van der Waals surface area (Å²) >= 11 is 1.23. The van der Waals surface area contributed by atoms with Crippen molar-refractivity contribution < 1.29 is 0 Å². The van der Waals surface area contributed by atoms with Gasteiger partial charge < -0.3 is 0 Å². The average molecular weight is 172 g/mol. The third kappa shape index (κ3) is 53.2. The van der Waals surface area contributed by atoms with Crippen molar-refractivity contribution in [1.82, 2.24) is 0 Å². The fraction of sp³-hybridized carbons (Fsp3) is 0. The van der Waals surface area contributed by atoms with Gasteiger partial charge in [0.1, 0.15) is 0 Å². The van der Waals surface area contributed by atoms with Crippen molar-refractivity contribution in [3.05, 3.63) is 0 Å². The molecule has 0 rings (SSSR count). The van der Waals surface area contributed by atoms with Crippen LogP contribution in [0.4, 0.5) is 0 Å². The van der Waals surface area contributed by atoms with E-state index in [0.717, 1.165) is 0 Å². The van der Waals surface area contributed by atoms with Gasteiger partial charge in [-0.05, 0) is 0 Å². The molecule has 0 aliphatic heterocycles. The molecule has 0 saturated heterocycles. The molecule has 0 aromatic rings. The Balaban J connectivity index is 2.80. The molecule has 0 radical (unpaired) electrons. The van der Waals surface area contributed by atoms with E-state index in [2.05, 4.69) is 0 Å². The first-order chi connectivity index (χ1) is 1.73. The zero-order chi connectivity index (χ0) is 3.58. The van der Waals surface area contributed by atoms with Crippen LogP contribution in [0.15, 0.2) is 0 Å². The molecular weight excluding hydrogens is 168 g/mol. The standard InChI is InChI=1S/CH4N2Te/c2-1(3)4/h(H4,2,3,4). The van der Waals surface area contributed by atoms with E-state index in [4.69, 9.17) is 11.1 Å². The van der Waals surface area contributed by atoms with E-state index in [9.17, 15) is 0 Å². The number of rotatable bonds is 0. The number of nitrogens with one attached hydrogen (secondary N) is 1. The van der Waals surface area contributed by atoms with Crippen LogP contribution in [0.2, 0.25) is 0 Å². The Morgan fingerprint density at radius 3 is 2.00 bits per heavy atom. The SMILES string of the molecule is N=C(N)[TeH]. The molecule has 0 aromatic heterocycles. The molecule has 2 nitrogen and oxygen atoms in total. The Morgan fingerprint density at radius 2 is 2.00 bits per heavy atom. The van der Waals surface area contributed by atoms with Crippen LogP contribution in [0.1, 0.15) is 0 Å². The van der Waals surface area contributed by atoms with Crippen LogP contribution in [0.25, 0.3) is 0 Å². The summed E-state index contributed by atoms with van der Waals surface area (Å²) in [5.74, 6) is 0. The van der Waals surface area contributed by atoms with Gasteiger partial charge in [0.15, 0.2) is 0 Å². The first-order valence-electron chi connectivity index (χ1n) is 0.762. The first kappa shape index (κ1) is 4.26. The van der Waals surface area contributed by atoms with Crippen molar-refractivity contribution in [3.8, 4) is 0 Å². The van der Waals surface area contributed by atoms with E-state index in [1.807, 2.05) is 0 Å². The van der Waals surface area contributed by atoms with Crippen LogP contribution in [-0.2, 0) is 0 Å².